The lowest BCUT2D eigenvalue weighted by Crippen LogP contribution is -2.20. The van der Waals surface area contributed by atoms with Gasteiger partial charge in [-0.05, 0) is 23.8 Å². The Bertz CT molecular complexity index is 1380. The first-order chi connectivity index (χ1) is 17.5. The maximum Gasteiger partial charge on any atom is 0.250 e. The molecule has 0 atom stereocenters. The topological polar surface area (TPSA) is 87.0 Å². The molecule has 0 saturated heterocycles. The highest BCUT2D eigenvalue weighted by atomic mass is 35.5. The summed E-state index contributed by atoms with van der Waals surface area (Å²) in [5.41, 5.74) is 5.93. The van der Waals surface area contributed by atoms with E-state index in [1.165, 1.54) is 32.2 Å². The number of para-hydroxylation sites is 2. The van der Waals surface area contributed by atoms with Crippen LogP contribution in [0, 0.1) is 0 Å². The molecule has 0 saturated carbocycles. The Labute approximate surface area is 218 Å². The minimum Gasteiger partial charge on any atom is -0.496 e. The van der Waals surface area contributed by atoms with Crippen LogP contribution in [0.1, 0.15) is 11.1 Å². The zero-order valence-corrected chi connectivity index (χ0v) is 21.6. The number of amides is 1. The molecule has 1 aromatic heterocycles. The van der Waals surface area contributed by atoms with Gasteiger partial charge in [-0.1, -0.05) is 53.7 Å². The van der Waals surface area contributed by atoms with Gasteiger partial charge in [-0.2, -0.15) is 5.10 Å². The molecule has 0 aliphatic heterocycles. The normalized spacial score (nSPS) is 11.1. The van der Waals surface area contributed by atoms with Crippen LogP contribution in [0.2, 0.25) is 5.02 Å². The highest BCUT2D eigenvalue weighted by molar-refractivity contribution is 7.99. The molecule has 0 aliphatic carbocycles. The van der Waals surface area contributed by atoms with Gasteiger partial charge in [0.2, 0.25) is 0 Å². The number of methoxy groups -OCH3 is 3. The van der Waals surface area contributed by atoms with Crippen LogP contribution in [-0.4, -0.2) is 48.8 Å². The fourth-order valence-electron chi connectivity index (χ4n) is 3.60. The molecule has 0 unspecified atom stereocenters. The maximum absolute atomic E-state index is 12.6. The number of aromatic nitrogens is 2. The van der Waals surface area contributed by atoms with E-state index < -0.39 is 0 Å². The number of thioether (sulfide) groups is 1. The molecule has 4 aromatic rings. The summed E-state index contributed by atoms with van der Waals surface area (Å²) < 4.78 is 18.1. The van der Waals surface area contributed by atoms with Crippen LogP contribution in [0.25, 0.3) is 11.0 Å². The fourth-order valence-corrected chi connectivity index (χ4v) is 4.61. The second kappa shape index (κ2) is 11.8. The summed E-state index contributed by atoms with van der Waals surface area (Å²) in [6.45, 7) is 0.541. The molecule has 186 valence electrons. The first kappa shape index (κ1) is 25.4. The highest BCUT2D eigenvalue weighted by Crippen LogP contribution is 2.32. The van der Waals surface area contributed by atoms with E-state index in [2.05, 4.69) is 15.1 Å². The van der Waals surface area contributed by atoms with Crippen molar-refractivity contribution in [1.82, 2.24) is 15.0 Å². The Morgan fingerprint density at radius 2 is 1.75 bits per heavy atom. The molecule has 0 radical (unpaired) electrons. The third kappa shape index (κ3) is 5.75. The molecule has 3 aromatic carbocycles. The van der Waals surface area contributed by atoms with Crippen molar-refractivity contribution in [1.29, 1.82) is 0 Å². The van der Waals surface area contributed by atoms with E-state index in [0.717, 1.165) is 16.6 Å². The molecule has 8 nitrogen and oxygen atoms in total. The number of benzene rings is 3. The molecular formula is C26H25ClN4O4S. The summed E-state index contributed by atoms with van der Waals surface area (Å²) in [5.74, 6) is 1.44. The lowest BCUT2D eigenvalue weighted by molar-refractivity contribution is -0.118. The number of hydrogen-bond acceptors (Lipinski definition) is 7. The molecule has 36 heavy (non-hydrogen) atoms. The SMILES string of the molecule is COc1cc(OC)c(/C=N/NC(=O)CSc2nc3ccccc3n2Cc2ccccc2Cl)c(OC)c1. The summed E-state index contributed by atoms with van der Waals surface area (Å²) in [6, 6.07) is 19.0. The molecule has 0 bridgehead atoms. The van der Waals surface area contributed by atoms with Crippen LogP contribution in [0.4, 0.5) is 0 Å². The fraction of sp³-hybridized carbons (Fsp3) is 0.192. The van der Waals surface area contributed by atoms with Crippen LogP contribution < -0.4 is 19.6 Å². The van der Waals surface area contributed by atoms with Crippen molar-refractivity contribution in [2.45, 2.75) is 11.7 Å². The third-order valence-corrected chi connectivity index (χ3v) is 6.72. The van der Waals surface area contributed by atoms with Gasteiger partial charge in [0, 0.05) is 17.2 Å². The van der Waals surface area contributed by atoms with Crippen molar-refractivity contribution in [3.8, 4) is 17.2 Å². The standard InChI is InChI=1S/C26H25ClN4O4S/c1-33-18-12-23(34-2)19(24(13-18)35-3)14-28-30-25(32)16-36-26-29-21-10-6-7-11-22(21)31(26)15-17-8-4-5-9-20(17)27/h4-14H,15-16H2,1-3H3,(H,30,32)/b28-14+. The number of rotatable bonds is 10. The number of hydrogen-bond donors (Lipinski definition) is 1. The van der Waals surface area contributed by atoms with Gasteiger partial charge in [0.15, 0.2) is 5.16 Å². The molecule has 0 aliphatic rings. The number of hydrazone groups is 1. The van der Waals surface area contributed by atoms with Gasteiger partial charge >= 0.3 is 0 Å². The van der Waals surface area contributed by atoms with Gasteiger partial charge in [0.05, 0.1) is 56.4 Å². The largest absolute Gasteiger partial charge is 0.496 e. The minimum absolute atomic E-state index is 0.125. The van der Waals surface area contributed by atoms with E-state index in [9.17, 15) is 4.79 Å². The van der Waals surface area contributed by atoms with Crippen LogP contribution >= 0.6 is 23.4 Å². The lowest BCUT2D eigenvalue weighted by Gasteiger charge is -2.12. The number of nitrogens with zero attached hydrogens (tertiary/aromatic N) is 3. The Hall–Kier alpha value is -3.69. The number of imidazole rings is 1. The van der Waals surface area contributed by atoms with Crippen molar-refractivity contribution in [2.75, 3.05) is 27.1 Å². The number of nitrogens with one attached hydrogen (secondary N) is 1. The smallest absolute Gasteiger partial charge is 0.250 e. The quantitative estimate of drug-likeness (QED) is 0.178. The predicted octanol–water partition coefficient (Wildman–Crippen LogP) is 5.01. The first-order valence-corrected chi connectivity index (χ1v) is 12.3. The van der Waals surface area contributed by atoms with Crippen molar-refractivity contribution >= 4 is 46.5 Å². The predicted molar refractivity (Wildman–Crippen MR) is 143 cm³/mol. The summed E-state index contributed by atoms with van der Waals surface area (Å²) in [5, 5.41) is 5.49. The number of halogens is 1. The Morgan fingerprint density at radius 1 is 1.06 bits per heavy atom. The number of fused-ring (bicyclic) bond motifs is 1. The van der Waals surface area contributed by atoms with Crippen LogP contribution in [0.15, 0.2) is 70.9 Å². The third-order valence-electron chi connectivity index (χ3n) is 5.37. The van der Waals surface area contributed by atoms with Gasteiger partial charge in [0.25, 0.3) is 5.91 Å². The van der Waals surface area contributed by atoms with Gasteiger partial charge in [-0.15, -0.1) is 0 Å². The van der Waals surface area contributed by atoms with Gasteiger partial charge in [0.1, 0.15) is 17.2 Å². The van der Waals surface area contributed by atoms with Crippen LogP contribution in [-0.2, 0) is 11.3 Å². The Kier molecular flexibility index (Phi) is 8.35. The molecule has 1 amide bonds. The summed E-state index contributed by atoms with van der Waals surface area (Å²) in [7, 11) is 4.63. The van der Waals surface area contributed by atoms with Crippen molar-refractivity contribution in [3.63, 3.8) is 0 Å². The van der Waals surface area contributed by atoms with Crippen LogP contribution in [0.5, 0.6) is 17.2 Å². The summed E-state index contributed by atoms with van der Waals surface area (Å²) in [4.78, 5) is 17.3. The van der Waals surface area contributed by atoms with E-state index in [1.54, 1.807) is 19.2 Å². The average Bonchev–Trinajstić information content (AvgIpc) is 3.25. The maximum atomic E-state index is 12.6. The zero-order chi connectivity index (χ0) is 25.5. The summed E-state index contributed by atoms with van der Waals surface area (Å²) in [6.07, 6.45) is 1.48. The number of carbonyl (C=O) groups is 1. The monoisotopic (exact) mass is 524 g/mol. The second-order valence-corrected chi connectivity index (χ2v) is 8.94. The van der Waals surface area contributed by atoms with Crippen molar-refractivity contribution < 1.29 is 19.0 Å². The average molecular weight is 525 g/mol. The summed E-state index contributed by atoms with van der Waals surface area (Å²) >= 11 is 7.72. The molecule has 1 heterocycles. The second-order valence-electron chi connectivity index (χ2n) is 7.59. The number of ether oxygens (including phenoxy) is 3. The van der Waals surface area contributed by atoms with Gasteiger partial charge in [-0.25, -0.2) is 10.4 Å². The molecular weight excluding hydrogens is 500 g/mol. The Morgan fingerprint density at radius 3 is 2.44 bits per heavy atom. The molecule has 10 heteroatoms. The van der Waals surface area contributed by atoms with Crippen LogP contribution in [0.3, 0.4) is 0 Å². The highest BCUT2D eigenvalue weighted by Gasteiger charge is 2.15. The van der Waals surface area contributed by atoms with E-state index in [1.807, 2.05) is 48.5 Å². The minimum atomic E-state index is -0.279. The van der Waals surface area contributed by atoms with Crippen molar-refractivity contribution in [3.05, 3.63) is 76.8 Å². The van der Waals surface area contributed by atoms with Crippen molar-refractivity contribution in [2.24, 2.45) is 5.10 Å². The van der Waals surface area contributed by atoms with E-state index in [4.69, 9.17) is 30.8 Å². The first-order valence-electron chi connectivity index (χ1n) is 11.0. The molecule has 1 N–H and O–H groups in total. The van der Waals surface area contributed by atoms with Gasteiger partial charge < -0.3 is 18.8 Å². The number of carbonyl (C=O) groups excluding carboxylic acids is 1. The van der Waals surface area contributed by atoms with E-state index in [-0.39, 0.29) is 11.7 Å². The molecule has 4 rings (SSSR count). The Balaban J connectivity index is 1.47. The zero-order valence-electron chi connectivity index (χ0n) is 20.0. The molecule has 0 spiro atoms. The van der Waals surface area contributed by atoms with Gasteiger partial charge in [-0.3, -0.25) is 4.79 Å². The lowest BCUT2D eigenvalue weighted by atomic mass is 10.2. The van der Waals surface area contributed by atoms with E-state index >= 15 is 0 Å². The van der Waals surface area contributed by atoms with E-state index in [0.29, 0.717) is 39.5 Å². The molecule has 0 fully saturated rings.